The van der Waals surface area contributed by atoms with Crippen LogP contribution in [0.25, 0.3) is 0 Å². The molecule has 0 saturated carbocycles. The summed E-state index contributed by atoms with van der Waals surface area (Å²) in [6.07, 6.45) is 5.35. The van der Waals surface area contributed by atoms with Gasteiger partial charge in [0.25, 0.3) is 5.91 Å². The Morgan fingerprint density at radius 1 is 1.22 bits per heavy atom. The highest BCUT2D eigenvalue weighted by molar-refractivity contribution is 7.92. The normalized spacial score (nSPS) is 16.6. The van der Waals surface area contributed by atoms with Gasteiger partial charge in [-0.2, -0.15) is 0 Å². The number of amides is 1. The number of piperidine rings is 1. The Labute approximate surface area is 162 Å². The van der Waals surface area contributed by atoms with Gasteiger partial charge in [0, 0.05) is 13.6 Å². The first-order chi connectivity index (χ1) is 12.8. The van der Waals surface area contributed by atoms with E-state index < -0.39 is 16.1 Å². The quantitative estimate of drug-likeness (QED) is 0.643. The lowest BCUT2D eigenvalue weighted by atomic mass is 10.1. The maximum Gasteiger partial charge on any atom is 0.260 e. The molecule has 152 valence electrons. The molecule has 0 bridgehead atoms. The summed E-state index contributed by atoms with van der Waals surface area (Å²) >= 11 is 0. The van der Waals surface area contributed by atoms with Crippen LogP contribution in [0.4, 0.5) is 5.69 Å². The lowest BCUT2D eigenvalue weighted by Crippen LogP contribution is -2.38. The highest BCUT2D eigenvalue weighted by Crippen LogP contribution is 2.21. The maximum atomic E-state index is 12.2. The highest BCUT2D eigenvalue weighted by Gasteiger charge is 2.16. The van der Waals surface area contributed by atoms with E-state index >= 15 is 0 Å². The molecule has 0 aliphatic carbocycles. The molecule has 1 aromatic carbocycles. The highest BCUT2D eigenvalue weighted by atomic mass is 32.2. The van der Waals surface area contributed by atoms with Gasteiger partial charge < -0.3 is 15.0 Å². The molecular weight excluding hydrogens is 366 g/mol. The van der Waals surface area contributed by atoms with E-state index in [4.69, 9.17) is 4.74 Å². The number of nitrogens with one attached hydrogen (secondary N) is 1. The molecule has 0 radical (unpaired) electrons. The molecular formula is C19H31N3O4S. The van der Waals surface area contributed by atoms with E-state index in [1.165, 1.54) is 30.6 Å². The van der Waals surface area contributed by atoms with Crippen LogP contribution in [0.15, 0.2) is 24.3 Å². The summed E-state index contributed by atoms with van der Waals surface area (Å²) in [5.41, 5.74) is 0.541. The molecule has 0 unspecified atom stereocenters. The zero-order valence-electron chi connectivity index (χ0n) is 16.5. The van der Waals surface area contributed by atoms with E-state index in [1.807, 2.05) is 0 Å². The first-order valence-electron chi connectivity index (χ1n) is 9.48. The fourth-order valence-corrected chi connectivity index (χ4v) is 3.53. The van der Waals surface area contributed by atoms with E-state index in [0.717, 1.165) is 32.3 Å². The molecule has 1 heterocycles. The van der Waals surface area contributed by atoms with Gasteiger partial charge in [-0.05, 0) is 70.1 Å². The average Bonchev–Trinajstić information content (AvgIpc) is 2.65. The van der Waals surface area contributed by atoms with E-state index in [9.17, 15) is 13.2 Å². The summed E-state index contributed by atoms with van der Waals surface area (Å²) in [5, 5.41) is 2.91. The molecule has 1 atom stereocenters. The second kappa shape index (κ2) is 9.94. The Morgan fingerprint density at radius 2 is 1.85 bits per heavy atom. The third kappa shape index (κ3) is 7.03. The first-order valence-corrected chi connectivity index (χ1v) is 11.3. The SMILES string of the molecule is C[C@@H](Oc1ccc(N(C)S(C)(=O)=O)cc1)C(=O)NCCCN1CCCCC1. The van der Waals surface area contributed by atoms with E-state index in [1.54, 1.807) is 31.2 Å². The number of benzene rings is 1. The van der Waals surface area contributed by atoms with Gasteiger partial charge in [-0.25, -0.2) is 8.42 Å². The topological polar surface area (TPSA) is 78.9 Å². The third-order valence-corrected chi connectivity index (χ3v) is 5.98. The van der Waals surface area contributed by atoms with Crippen LogP contribution in [0, 0.1) is 0 Å². The van der Waals surface area contributed by atoms with Crippen molar-refractivity contribution in [2.45, 2.75) is 38.7 Å². The van der Waals surface area contributed by atoms with E-state index in [0.29, 0.717) is 18.0 Å². The van der Waals surface area contributed by atoms with Crippen LogP contribution in [-0.2, 0) is 14.8 Å². The number of rotatable bonds is 9. The molecule has 1 saturated heterocycles. The molecule has 27 heavy (non-hydrogen) atoms. The fourth-order valence-electron chi connectivity index (χ4n) is 3.02. The zero-order chi connectivity index (χ0) is 19.9. The number of ether oxygens (including phenoxy) is 1. The fraction of sp³-hybridized carbons (Fsp3) is 0.632. The van der Waals surface area contributed by atoms with Gasteiger partial charge in [0.1, 0.15) is 5.75 Å². The Balaban J connectivity index is 1.73. The average molecular weight is 398 g/mol. The van der Waals surface area contributed by atoms with Crippen molar-refractivity contribution in [1.29, 1.82) is 0 Å². The zero-order valence-corrected chi connectivity index (χ0v) is 17.3. The van der Waals surface area contributed by atoms with Crippen LogP contribution < -0.4 is 14.4 Å². The number of hydrogen-bond acceptors (Lipinski definition) is 5. The summed E-state index contributed by atoms with van der Waals surface area (Å²) in [6.45, 7) is 5.69. The molecule has 1 aliphatic rings. The number of likely N-dealkylation sites (tertiary alicyclic amines) is 1. The number of nitrogens with zero attached hydrogens (tertiary/aromatic N) is 2. The summed E-state index contributed by atoms with van der Waals surface area (Å²) in [4.78, 5) is 14.6. The lowest BCUT2D eigenvalue weighted by molar-refractivity contribution is -0.127. The first kappa shape index (κ1) is 21.5. The monoisotopic (exact) mass is 397 g/mol. The minimum absolute atomic E-state index is 0.147. The molecule has 2 rings (SSSR count). The summed E-state index contributed by atoms with van der Waals surface area (Å²) in [6, 6.07) is 6.63. The van der Waals surface area contributed by atoms with Gasteiger partial charge in [0.2, 0.25) is 10.0 Å². The van der Waals surface area contributed by atoms with Gasteiger partial charge in [-0.1, -0.05) is 6.42 Å². The predicted molar refractivity (Wildman–Crippen MR) is 108 cm³/mol. The number of anilines is 1. The standard InChI is InChI=1S/C19H31N3O4S/c1-16(19(23)20-12-7-15-22-13-5-4-6-14-22)26-18-10-8-17(9-11-18)21(2)27(3,24)25/h8-11,16H,4-7,12-15H2,1-3H3,(H,20,23)/t16-/m1/s1. The van der Waals surface area contributed by atoms with Gasteiger partial charge in [0.05, 0.1) is 11.9 Å². The van der Waals surface area contributed by atoms with Crippen molar-refractivity contribution < 1.29 is 17.9 Å². The smallest absolute Gasteiger partial charge is 0.260 e. The van der Waals surface area contributed by atoms with E-state index in [-0.39, 0.29) is 5.91 Å². The van der Waals surface area contributed by atoms with Crippen molar-refractivity contribution in [2.75, 3.05) is 43.8 Å². The van der Waals surface area contributed by atoms with Crippen molar-refractivity contribution in [2.24, 2.45) is 0 Å². The molecule has 0 aromatic heterocycles. The van der Waals surface area contributed by atoms with Crippen LogP contribution in [0.3, 0.4) is 0 Å². The molecule has 8 heteroatoms. The van der Waals surface area contributed by atoms with Crippen LogP contribution in [0.5, 0.6) is 5.75 Å². The van der Waals surface area contributed by atoms with E-state index in [2.05, 4.69) is 10.2 Å². The molecule has 1 N–H and O–H groups in total. The van der Waals surface area contributed by atoms with Crippen LogP contribution in [0.2, 0.25) is 0 Å². The number of sulfonamides is 1. The van der Waals surface area contributed by atoms with Crippen molar-refractivity contribution in [1.82, 2.24) is 10.2 Å². The predicted octanol–water partition coefficient (Wildman–Crippen LogP) is 1.84. The van der Waals surface area contributed by atoms with Crippen LogP contribution >= 0.6 is 0 Å². The molecule has 1 fully saturated rings. The van der Waals surface area contributed by atoms with Crippen molar-refractivity contribution >= 4 is 21.6 Å². The molecule has 1 amide bonds. The molecule has 1 aromatic rings. The third-order valence-electron chi connectivity index (χ3n) is 4.78. The Bertz CT molecular complexity index is 700. The minimum Gasteiger partial charge on any atom is -0.481 e. The largest absolute Gasteiger partial charge is 0.481 e. The second-order valence-electron chi connectivity index (χ2n) is 7.03. The van der Waals surface area contributed by atoms with Crippen LogP contribution in [0.1, 0.15) is 32.6 Å². The maximum absolute atomic E-state index is 12.2. The Morgan fingerprint density at radius 3 is 2.44 bits per heavy atom. The Kier molecular flexibility index (Phi) is 7.91. The van der Waals surface area contributed by atoms with Gasteiger partial charge in [-0.3, -0.25) is 9.10 Å². The molecule has 1 aliphatic heterocycles. The summed E-state index contributed by atoms with van der Waals surface area (Å²) in [7, 11) is -1.81. The molecule has 7 nitrogen and oxygen atoms in total. The van der Waals surface area contributed by atoms with Crippen molar-refractivity contribution in [3.05, 3.63) is 24.3 Å². The number of hydrogen-bond donors (Lipinski definition) is 1. The molecule has 0 spiro atoms. The lowest BCUT2D eigenvalue weighted by Gasteiger charge is -2.26. The second-order valence-corrected chi connectivity index (χ2v) is 9.05. The summed E-state index contributed by atoms with van der Waals surface area (Å²) < 4.78 is 29.9. The minimum atomic E-state index is -3.30. The van der Waals surface area contributed by atoms with Crippen molar-refractivity contribution in [3.8, 4) is 5.75 Å². The van der Waals surface area contributed by atoms with Gasteiger partial charge in [-0.15, -0.1) is 0 Å². The summed E-state index contributed by atoms with van der Waals surface area (Å²) in [5.74, 6) is 0.377. The van der Waals surface area contributed by atoms with Gasteiger partial charge in [0.15, 0.2) is 6.10 Å². The van der Waals surface area contributed by atoms with Gasteiger partial charge >= 0.3 is 0 Å². The van der Waals surface area contributed by atoms with Crippen molar-refractivity contribution in [3.63, 3.8) is 0 Å². The Hall–Kier alpha value is -1.80. The number of carbonyl (C=O) groups excluding carboxylic acids is 1. The number of carbonyl (C=O) groups is 1. The van der Waals surface area contributed by atoms with Crippen LogP contribution in [-0.4, -0.2) is 64.8 Å².